The minimum absolute atomic E-state index is 0.214. The van der Waals surface area contributed by atoms with Crippen molar-refractivity contribution >= 4 is 51.9 Å². The first kappa shape index (κ1) is 18.8. The van der Waals surface area contributed by atoms with Crippen molar-refractivity contribution in [3.63, 3.8) is 0 Å². The van der Waals surface area contributed by atoms with Crippen LogP contribution in [0.5, 0.6) is 11.5 Å². The third-order valence-corrected chi connectivity index (χ3v) is 4.93. The van der Waals surface area contributed by atoms with Crippen LogP contribution < -0.4 is 14.8 Å². The first-order valence-corrected chi connectivity index (χ1v) is 9.48. The SMILES string of the molecule is Cc1ccc(OCCOc2ccc(Cl)cc2/C=C2/SC(=S)NC2=O)cc1. The standard InChI is InChI=1S/C19H16ClNO3S2/c1-12-2-5-15(6-3-12)23-8-9-24-16-7-4-14(20)10-13(16)11-17-18(22)21-19(25)26-17/h2-7,10-11H,8-9H2,1H3,(H,21,22,25)/b17-11+. The van der Waals surface area contributed by atoms with Crippen LogP contribution in [0.1, 0.15) is 11.1 Å². The van der Waals surface area contributed by atoms with E-state index >= 15 is 0 Å². The van der Waals surface area contributed by atoms with Gasteiger partial charge in [-0.15, -0.1) is 0 Å². The Kier molecular flexibility index (Phi) is 6.19. The number of thiocarbonyl (C=S) groups is 1. The number of aryl methyl sites for hydroxylation is 1. The van der Waals surface area contributed by atoms with Gasteiger partial charge >= 0.3 is 0 Å². The second kappa shape index (κ2) is 8.58. The van der Waals surface area contributed by atoms with E-state index in [1.54, 1.807) is 24.3 Å². The Bertz CT molecular complexity index is 866. The second-order valence-electron chi connectivity index (χ2n) is 5.54. The van der Waals surface area contributed by atoms with Crippen LogP contribution in [-0.2, 0) is 4.79 Å². The number of rotatable bonds is 6. The lowest BCUT2D eigenvalue weighted by atomic mass is 10.2. The molecule has 1 N–H and O–H groups in total. The molecule has 0 spiro atoms. The summed E-state index contributed by atoms with van der Waals surface area (Å²) in [7, 11) is 0. The Labute approximate surface area is 166 Å². The van der Waals surface area contributed by atoms with E-state index in [9.17, 15) is 4.79 Å². The number of amides is 1. The molecule has 1 fully saturated rings. The minimum Gasteiger partial charge on any atom is -0.490 e. The summed E-state index contributed by atoms with van der Waals surface area (Å²) < 4.78 is 11.9. The van der Waals surface area contributed by atoms with Crippen LogP contribution in [0, 0.1) is 6.92 Å². The van der Waals surface area contributed by atoms with Gasteiger partial charge in [0.2, 0.25) is 0 Å². The van der Waals surface area contributed by atoms with E-state index in [-0.39, 0.29) is 5.91 Å². The first-order chi connectivity index (χ1) is 12.5. The first-order valence-electron chi connectivity index (χ1n) is 7.88. The number of ether oxygens (including phenoxy) is 2. The summed E-state index contributed by atoms with van der Waals surface area (Å²) >= 11 is 12.3. The lowest BCUT2D eigenvalue weighted by Gasteiger charge is -2.11. The fraction of sp³-hybridized carbons (Fsp3) is 0.158. The molecule has 0 aliphatic carbocycles. The molecule has 1 heterocycles. The highest BCUT2D eigenvalue weighted by atomic mass is 35.5. The van der Waals surface area contributed by atoms with Gasteiger partial charge in [0, 0.05) is 10.6 Å². The molecule has 1 aliphatic rings. The fourth-order valence-electron chi connectivity index (χ4n) is 2.27. The van der Waals surface area contributed by atoms with Crippen molar-refractivity contribution in [2.24, 2.45) is 0 Å². The molecule has 0 bridgehead atoms. The zero-order valence-electron chi connectivity index (χ0n) is 14.0. The summed E-state index contributed by atoms with van der Waals surface area (Å²) in [4.78, 5) is 12.4. The number of halogens is 1. The highest BCUT2D eigenvalue weighted by Gasteiger charge is 2.22. The van der Waals surface area contributed by atoms with E-state index in [2.05, 4.69) is 5.32 Å². The highest BCUT2D eigenvalue weighted by molar-refractivity contribution is 8.26. The molecule has 1 amide bonds. The number of hydrogen-bond acceptors (Lipinski definition) is 5. The maximum absolute atomic E-state index is 11.8. The van der Waals surface area contributed by atoms with E-state index < -0.39 is 0 Å². The maximum Gasteiger partial charge on any atom is 0.263 e. The van der Waals surface area contributed by atoms with Crippen molar-refractivity contribution in [1.29, 1.82) is 0 Å². The average molecular weight is 406 g/mol. The number of nitrogens with one attached hydrogen (secondary N) is 1. The van der Waals surface area contributed by atoms with Crippen molar-refractivity contribution in [2.45, 2.75) is 6.92 Å². The molecule has 26 heavy (non-hydrogen) atoms. The number of carbonyl (C=O) groups excluding carboxylic acids is 1. The minimum atomic E-state index is -0.214. The fourth-order valence-corrected chi connectivity index (χ4v) is 3.49. The van der Waals surface area contributed by atoms with Gasteiger partial charge in [-0.05, 0) is 43.3 Å². The van der Waals surface area contributed by atoms with Crippen LogP contribution in [0.4, 0.5) is 0 Å². The van der Waals surface area contributed by atoms with E-state index in [4.69, 9.17) is 33.3 Å². The molecule has 0 atom stereocenters. The van der Waals surface area contributed by atoms with Crippen molar-refractivity contribution in [3.05, 3.63) is 63.5 Å². The van der Waals surface area contributed by atoms with E-state index in [1.165, 1.54) is 17.3 Å². The quantitative estimate of drug-likeness (QED) is 0.432. The Morgan fingerprint density at radius 1 is 1.15 bits per heavy atom. The number of hydrogen-bond donors (Lipinski definition) is 1. The lowest BCUT2D eigenvalue weighted by Crippen LogP contribution is -2.17. The van der Waals surface area contributed by atoms with Crippen LogP contribution in [0.2, 0.25) is 5.02 Å². The van der Waals surface area contributed by atoms with Gasteiger partial charge in [0.05, 0.1) is 4.91 Å². The Morgan fingerprint density at radius 3 is 2.58 bits per heavy atom. The number of benzene rings is 2. The second-order valence-corrected chi connectivity index (χ2v) is 7.70. The number of thioether (sulfide) groups is 1. The summed E-state index contributed by atoms with van der Waals surface area (Å²) in [5.41, 5.74) is 1.90. The summed E-state index contributed by atoms with van der Waals surface area (Å²) in [5, 5.41) is 3.15. The molecule has 4 nitrogen and oxygen atoms in total. The van der Waals surface area contributed by atoms with Gasteiger partial charge in [-0.3, -0.25) is 4.79 Å². The van der Waals surface area contributed by atoms with Gasteiger partial charge in [0.15, 0.2) is 0 Å². The molecule has 3 rings (SSSR count). The van der Waals surface area contributed by atoms with Crippen LogP contribution in [-0.4, -0.2) is 23.4 Å². The van der Waals surface area contributed by atoms with Crippen molar-refractivity contribution in [2.75, 3.05) is 13.2 Å². The average Bonchev–Trinajstić information content (AvgIpc) is 2.92. The topological polar surface area (TPSA) is 47.6 Å². The van der Waals surface area contributed by atoms with Gasteiger partial charge in [-0.1, -0.05) is 53.3 Å². The molecular weight excluding hydrogens is 390 g/mol. The van der Waals surface area contributed by atoms with Crippen LogP contribution >= 0.6 is 35.6 Å². The molecule has 2 aromatic carbocycles. The molecule has 0 aromatic heterocycles. The summed E-state index contributed by atoms with van der Waals surface area (Å²) in [5.74, 6) is 1.21. The van der Waals surface area contributed by atoms with Gasteiger partial charge in [-0.2, -0.15) is 0 Å². The molecule has 7 heteroatoms. The van der Waals surface area contributed by atoms with E-state index in [1.807, 2.05) is 31.2 Å². The van der Waals surface area contributed by atoms with Gasteiger partial charge in [-0.25, -0.2) is 0 Å². The monoisotopic (exact) mass is 405 g/mol. The van der Waals surface area contributed by atoms with E-state index in [0.29, 0.717) is 33.2 Å². The Balaban J connectivity index is 1.64. The molecule has 134 valence electrons. The molecular formula is C19H16ClNO3S2. The van der Waals surface area contributed by atoms with Crippen LogP contribution in [0.25, 0.3) is 6.08 Å². The third kappa shape index (κ3) is 5.00. The molecule has 1 aliphatic heterocycles. The zero-order chi connectivity index (χ0) is 18.5. The zero-order valence-corrected chi connectivity index (χ0v) is 16.3. The largest absolute Gasteiger partial charge is 0.490 e. The third-order valence-electron chi connectivity index (χ3n) is 3.53. The van der Waals surface area contributed by atoms with Crippen molar-refractivity contribution < 1.29 is 14.3 Å². The summed E-state index contributed by atoms with van der Waals surface area (Å²) in [6.45, 7) is 2.80. The predicted octanol–water partition coefficient (Wildman–Crippen LogP) is 4.60. The predicted molar refractivity (Wildman–Crippen MR) is 110 cm³/mol. The summed E-state index contributed by atoms with van der Waals surface area (Å²) in [6.07, 6.45) is 1.72. The normalized spacial score (nSPS) is 15.2. The molecule has 0 saturated carbocycles. The van der Waals surface area contributed by atoms with Crippen LogP contribution in [0.15, 0.2) is 47.4 Å². The van der Waals surface area contributed by atoms with Gasteiger partial charge < -0.3 is 14.8 Å². The summed E-state index contributed by atoms with van der Waals surface area (Å²) in [6, 6.07) is 13.1. The smallest absolute Gasteiger partial charge is 0.263 e. The van der Waals surface area contributed by atoms with Gasteiger partial charge in [0.25, 0.3) is 5.91 Å². The Hall–Kier alpha value is -2.02. The Morgan fingerprint density at radius 2 is 1.88 bits per heavy atom. The van der Waals surface area contributed by atoms with Crippen LogP contribution in [0.3, 0.4) is 0 Å². The van der Waals surface area contributed by atoms with Crippen molar-refractivity contribution in [1.82, 2.24) is 5.32 Å². The highest BCUT2D eigenvalue weighted by Crippen LogP contribution is 2.31. The number of carbonyl (C=O) groups is 1. The molecule has 2 aromatic rings. The maximum atomic E-state index is 11.8. The molecule has 0 unspecified atom stereocenters. The van der Waals surface area contributed by atoms with Gasteiger partial charge in [0.1, 0.15) is 29.0 Å². The molecule has 1 saturated heterocycles. The van der Waals surface area contributed by atoms with E-state index in [0.717, 1.165) is 11.3 Å². The lowest BCUT2D eigenvalue weighted by molar-refractivity contribution is -0.115. The molecule has 0 radical (unpaired) electrons. The van der Waals surface area contributed by atoms with Crippen molar-refractivity contribution in [3.8, 4) is 11.5 Å².